The first-order valence-corrected chi connectivity index (χ1v) is 8.67. The molecule has 2 rings (SSSR count). The minimum atomic E-state index is -0.290. The molecule has 1 amide bonds. The van der Waals surface area contributed by atoms with Gasteiger partial charge in [0.15, 0.2) is 11.5 Å². The average Bonchev–Trinajstić information content (AvgIpc) is 2.63. The lowest BCUT2D eigenvalue weighted by Crippen LogP contribution is -2.09. The predicted molar refractivity (Wildman–Crippen MR) is 104 cm³/mol. The molecule has 5 nitrogen and oxygen atoms in total. The Morgan fingerprint density at radius 1 is 1.04 bits per heavy atom. The molecule has 0 heterocycles. The highest BCUT2D eigenvalue weighted by molar-refractivity contribution is 6.31. The van der Waals surface area contributed by atoms with Crippen molar-refractivity contribution in [2.45, 2.75) is 13.8 Å². The number of ether oxygens (including phenoxy) is 3. The van der Waals surface area contributed by atoms with Crippen molar-refractivity contribution in [2.24, 2.45) is 0 Å². The number of benzene rings is 2. The van der Waals surface area contributed by atoms with Crippen LogP contribution in [-0.4, -0.2) is 26.2 Å². The van der Waals surface area contributed by atoms with Gasteiger partial charge in [-0.05, 0) is 55.8 Å². The number of carbonyl (C=O) groups excluding carboxylic acids is 1. The van der Waals surface area contributed by atoms with E-state index in [9.17, 15) is 4.79 Å². The summed E-state index contributed by atoms with van der Waals surface area (Å²) in [5, 5.41) is 3.30. The van der Waals surface area contributed by atoms with Gasteiger partial charge in [-0.15, -0.1) is 0 Å². The lowest BCUT2D eigenvalue weighted by atomic mass is 10.2. The fraction of sp³-hybridized carbons (Fsp3) is 0.250. The van der Waals surface area contributed by atoms with Gasteiger partial charge in [-0.25, -0.2) is 0 Å². The second-order valence-corrected chi connectivity index (χ2v) is 5.68. The van der Waals surface area contributed by atoms with Crippen molar-refractivity contribution in [3.63, 3.8) is 0 Å². The van der Waals surface area contributed by atoms with Crippen LogP contribution in [0.4, 0.5) is 5.69 Å². The molecule has 0 bridgehead atoms. The van der Waals surface area contributed by atoms with E-state index in [-0.39, 0.29) is 5.91 Å². The van der Waals surface area contributed by atoms with Crippen LogP contribution in [0, 0.1) is 0 Å². The first-order valence-electron chi connectivity index (χ1n) is 8.29. The molecular weight excluding hydrogens is 354 g/mol. The number of halogens is 1. The topological polar surface area (TPSA) is 56.8 Å². The third-order valence-corrected chi connectivity index (χ3v) is 3.65. The zero-order valence-electron chi connectivity index (χ0n) is 15.0. The maximum Gasteiger partial charge on any atom is 0.248 e. The second kappa shape index (κ2) is 9.73. The summed E-state index contributed by atoms with van der Waals surface area (Å²) in [7, 11) is 1.59. The van der Waals surface area contributed by atoms with Crippen LogP contribution < -0.4 is 19.5 Å². The van der Waals surface area contributed by atoms with Gasteiger partial charge in [-0.2, -0.15) is 0 Å². The van der Waals surface area contributed by atoms with E-state index in [1.807, 2.05) is 26.0 Å². The van der Waals surface area contributed by atoms with Crippen LogP contribution in [0.5, 0.6) is 17.2 Å². The summed E-state index contributed by atoms with van der Waals surface area (Å²) in [6, 6.07) is 10.5. The Morgan fingerprint density at radius 3 is 2.42 bits per heavy atom. The highest BCUT2D eigenvalue weighted by atomic mass is 35.5. The van der Waals surface area contributed by atoms with E-state index >= 15 is 0 Å². The molecule has 0 saturated heterocycles. The largest absolute Gasteiger partial charge is 0.493 e. The molecule has 1 N–H and O–H groups in total. The molecule has 138 valence electrons. The van der Waals surface area contributed by atoms with Crippen LogP contribution >= 0.6 is 11.6 Å². The van der Waals surface area contributed by atoms with Crippen LogP contribution in [0.25, 0.3) is 6.08 Å². The molecule has 0 aliphatic heterocycles. The molecule has 0 aromatic heterocycles. The number of hydrogen-bond donors (Lipinski definition) is 1. The van der Waals surface area contributed by atoms with Gasteiger partial charge in [0.05, 0.1) is 26.0 Å². The van der Waals surface area contributed by atoms with E-state index in [0.29, 0.717) is 41.2 Å². The van der Waals surface area contributed by atoms with E-state index in [1.54, 1.807) is 37.5 Å². The average molecular weight is 376 g/mol. The first kappa shape index (κ1) is 19.7. The lowest BCUT2D eigenvalue weighted by molar-refractivity contribution is -0.111. The van der Waals surface area contributed by atoms with Crippen LogP contribution in [-0.2, 0) is 4.79 Å². The van der Waals surface area contributed by atoms with Gasteiger partial charge >= 0.3 is 0 Å². The van der Waals surface area contributed by atoms with Gasteiger partial charge in [-0.3, -0.25) is 4.79 Å². The van der Waals surface area contributed by atoms with Crippen molar-refractivity contribution in [3.8, 4) is 17.2 Å². The predicted octanol–water partition coefficient (Wildman–Crippen LogP) is 4.80. The number of rotatable bonds is 8. The molecule has 0 aliphatic carbocycles. The van der Waals surface area contributed by atoms with Crippen LogP contribution in [0.3, 0.4) is 0 Å². The number of methoxy groups -OCH3 is 1. The first-order chi connectivity index (χ1) is 12.6. The summed E-state index contributed by atoms with van der Waals surface area (Å²) in [6.07, 6.45) is 3.14. The maximum atomic E-state index is 12.2. The molecule has 0 atom stereocenters. The normalized spacial score (nSPS) is 10.6. The summed E-state index contributed by atoms with van der Waals surface area (Å²) in [4.78, 5) is 12.2. The Balaban J connectivity index is 2.12. The van der Waals surface area contributed by atoms with E-state index in [2.05, 4.69) is 5.32 Å². The zero-order chi connectivity index (χ0) is 18.9. The molecule has 0 aliphatic rings. The van der Waals surface area contributed by atoms with Crippen molar-refractivity contribution in [1.82, 2.24) is 0 Å². The fourth-order valence-corrected chi connectivity index (χ4v) is 2.46. The zero-order valence-corrected chi connectivity index (χ0v) is 15.8. The maximum absolute atomic E-state index is 12.2. The van der Waals surface area contributed by atoms with Crippen LogP contribution in [0.1, 0.15) is 19.4 Å². The molecule has 2 aromatic rings. The monoisotopic (exact) mass is 375 g/mol. The Hall–Kier alpha value is -2.66. The Morgan fingerprint density at radius 2 is 1.73 bits per heavy atom. The van der Waals surface area contributed by atoms with Gasteiger partial charge < -0.3 is 19.5 Å². The minimum absolute atomic E-state index is 0.290. The molecular formula is C20H22ClNO4. The number of nitrogens with one attached hydrogen (secondary N) is 1. The van der Waals surface area contributed by atoms with Crippen molar-refractivity contribution in [3.05, 3.63) is 53.1 Å². The van der Waals surface area contributed by atoms with Crippen molar-refractivity contribution < 1.29 is 19.0 Å². The van der Waals surface area contributed by atoms with Crippen molar-refractivity contribution in [1.29, 1.82) is 0 Å². The Kier molecular flexibility index (Phi) is 7.36. The summed E-state index contributed by atoms with van der Waals surface area (Å²) in [6.45, 7) is 4.79. The molecule has 0 saturated carbocycles. The highest BCUT2D eigenvalue weighted by Gasteiger charge is 2.08. The molecule has 0 radical (unpaired) electrons. The molecule has 6 heteroatoms. The Labute approximate surface area is 158 Å². The fourth-order valence-electron chi connectivity index (χ4n) is 2.29. The SMILES string of the molecule is CCOc1ccc(Cl)cc1NC(=O)C=Cc1ccc(OC)c(OCC)c1. The lowest BCUT2D eigenvalue weighted by Gasteiger charge is -2.11. The third kappa shape index (κ3) is 5.43. The third-order valence-electron chi connectivity index (χ3n) is 3.41. The standard InChI is InChI=1S/C20H22ClNO4/c1-4-25-17-10-8-15(21)13-16(17)22-20(23)11-7-14-6-9-18(24-3)19(12-14)26-5-2/h6-13H,4-5H2,1-3H3,(H,22,23). The Bertz CT molecular complexity index is 789. The molecule has 0 unspecified atom stereocenters. The summed E-state index contributed by atoms with van der Waals surface area (Å²) in [5.41, 5.74) is 1.35. The number of hydrogen-bond acceptors (Lipinski definition) is 4. The number of carbonyl (C=O) groups is 1. The molecule has 26 heavy (non-hydrogen) atoms. The summed E-state index contributed by atoms with van der Waals surface area (Å²) < 4.78 is 16.3. The van der Waals surface area contributed by atoms with Crippen molar-refractivity contribution >= 4 is 29.3 Å². The van der Waals surface area contributed by atoms with E-state index < -0.39 is 0 Å². The van der Waals surface area contributed by atoms with Crippen LogP contribution in [0.2, 0.25) is 5.02 Å². The molecule has 2 aromatic carbocycles. The van der Waals surface area contributed by atoms with Gasteiger partial charge in [0.2, 0.25) is 5.91 Å². The minimum Gasteiger partial charge on any atom is -0.493 e. The second-order valence-electron chi connectivity index (χ2n) is 5.24. The van der Waals surface area contributed by atoms with E-state index in [0.717, 1.165) is 5.56 Å². The number of amides is 1. The summed E-state index contributed by atoms with van der Waals surface area (Å²) in [5.74, 6) is 1.56. The molecule has 0 fully saturated rings. The quantitative estimate of drug-likeness (QED) is 0.673. The van der Waals surface area contributed by atoms with Gasteiger partial charge in [0.1, 0.15) is 5.75 Å². The van der Waals surface area contributed by atoms with Gasteiger partial charge in [-0.1, -0.05) is 17.7 Å². The summed E-state index contributed by atoms with van der Waals surface area (Å²) >= 11 is 6.00. The van der Waals surface area contributed by atoms with E-state index in [4.69, 9.17) is 25.8 Å². The van der Waals surface area contributed by atoms with Gasteiger partial charge in [0.25, 0.3) is 0 Å². The molecule has 0 spiro atoms. The van der Waals surface area contributed by atoms with Crippen LogP contribution in [0.15, 0.2) is 42.5 Å². The highest BCUT2D eigenvalue weighted by Crippen LogP contribution is 2.29. The van der Waals surface area contributed by atoms with Crippen molar-refractivity contribution in [2.75, 3.05) is 25.6 Å². The number of anilines is 1. The smallest absolute Gasteiger partial charge is 0.248 e. The van der Waals surface area contributed by atoms with E-state index in [1.165, 1.54) is 6.08 Å². The van der Waals surface area contributed by atoms with Gasteiger partial charge in [0, 0.05) is 11.1 Å².